The molecule has 0 aliphatic rings. The smallest absolute Gasteiger partial charge is 0.127 e. The molecule has 4 nitrogen and oxygen atoms in total. The maximum atomic E-state index is 5.49. The van der Waals surface area contributed by atoms with Crippen LogP contribution in [0.1, 0.15) is 20.8 Å². The van der Waals surface area contributed by atoms with Gasteiger partial charge in [0.1, 0.15) is 5.82 Å². The standard InChI is InChI=1S/C13H23N3O/c1-5-17-9-12(10(2)3)16-11-6-7-15-13(8-11)14-4/h6-8,10,12H,5,9H2,1-4H3,(H2,14,15,16). The van der Waals surface area contributed by atoms with Crippen LogP contribution in [0.2, 0.25) is 0 Å². The molecule has 1 aromatic rings. The molecule has 1 heterocycles. The van der Waals surface area contributed by atoms with Gasteiger partial charge in [-0.15, -0.1) is 0 Å². The summed E-state index contributed by atoms with van der Waals surface area (Å²) in [5.74, 6) is 1.39. The zero-order valence-electron chi connectivity index (χ0n) is 11.2. The van der Waals surface area contributed by atoms with Crippen molar-refractivity contribution >= 4 is 11.5 Å². The summed E-state index contributed by atoms with van der Waals surface area (Å²) < 4.78 is 5.49. The van der Waals surface area contributed by atoms with Crippen LogP contribution in [0.4, 0.5) is 11.5 Å². The number of nitrogens with one attached hydrogen (secondary N) is 2. The van der Waals surface area contributed by atoms with E-state index in [0.717, 1.165) is 24.7 Å². The lowest BCUT2D eigenvalue weighted by Crippen LogP contribution is -2.30. The summed E-state index contributed by atoms with van der Waals surface area (Å²) in [7, 11) is 1.87. The van der Waals surface area contributed by atoms with Gasteiger partial charge in [0.2, 0.25) is 0 Å². The Kier molecular flexibility index (Phi) is 5.77. The van der Waals surface area contributed by atoms with E-state index in [1.165, 1.54) is 0 Å². The number of anilines is 2. The minimum absolute atomic E-state index is 0.321. The van der Waals surface area contributed by atoms with Crippen LogP contribution in [0, 0.1) is 5.92 Å². The number of rotatable bonds is 7. The summed E-state index contributed by atoms with van der Waals surface area (Å²) in [6.07, 6.45) is 1.80. The number of pyridine rings is 1. The van der Waals surface area contributed by atoms with E-state index in [-0.39, 0.29) is 0 Å². The SMILES string of the molecule is CCOCC(Nc1ccnc(NC)c1)C(C)C. The fourth-order valence-electron chi connectivity index (χ4n) is 1.52. The van der Waals surface area contributed by atoms with Crippen LogP contribution in [-0.4, -0.2) is 31.3 Å². The molecular weight excluding hydrogens is 214 g/mol. The second-order valence-corrected chi connectivity index (χ2v) is 4.33. The first-order valence-corrected chi connectivity index (χ1v) is 6.15. The Morgan fingerprint density at radius 3 is 2.76 bits per heavy atom. The predicted octanol–water partition coefficient (Wildman–Crippen LogP) is 2.60. The molecule has 0 fully saturated rings. The molecule has 17 heavy (non-hydrogen) atoms. The highest BCUT2D eigenvalue weighted by Crippen LogP contribution is 2.15. The molecule has 0 bridgehead atoms. The molecule has 0 aliphatic carbocycles. The minimum Gasteiger partial charge on any atom is -0.380 e. The minimum atomic E-state index is 0.321. The average Bonchev–Trinajstić information content (AvgIpc) is 2.34. The normalized spacial score (nSPS) is 12.5. The van der Waals surface area contributed by atoms with Crippen LogP contribution in [-0.2, 0) is 4.74 Å². The van der Waals surface area contributed by atoms with Crippen molar-refractivity contribution in [3.8, 4) is 0 Å². The predicted molar refractivity (Wildman–Crippen MR) is 72.5 cm³/mol. The lowest BCUT2D eigenvalue weighted by Gasteiger charge is -2.23. The Hall–Kier alpha value is -1.29. The monoisotopic (exact) mass is 237 g/mol. The van der Waals surface area contributed by atoms with Crippen molar-refractivity contribution in [1.82, 2.24) is 4.98 Å². The molecule has 0 spiro atoms. The van der Waals surface area contributed by atoms with Gasteiger partial charge in [0.15, 0.2) is 0 Å². The highest BCUT2D eigenvalue weighted by Gasteiger charge is 2.13. The summed E-state index contributed by atoms with van der Waals surface area (Å²) in [5.41, 5.74) is 1.07. The lowest BCUT2D eigenvalue weighted by atomic mass is 10.1. The van der Waals surface area contributed by atoms with Crippen molar-refractivity contribution in [2.24, 2.45) is 5.92 Å². The zero-order chi connectivity index (χ0) is 12.7. The summed E-state index contributed by atoms with van der Waals surface area (Å²) in [4.78, 5) is 4.19. The largest absolute Gasteiger partial charge is 0.380 e. The second kappa shape index (κ2) is 7.12. The summed E-state index contributed by atoms with van der Waals surface area (Å²) in [6, 6.07) is 4.30. The van der Waals surface area contributed by atoms with Gasteiger partial charge < -0.3 is 15.4 Å². The van der Waals surface area contributed by atoms with Gasteiger partial charge in [-0.2, -0.15) is 0 Å². The van der Waals surface area contributed by atoms with Crippen LogP contribution < -0.4 is 10.6 Å². The molecule has 1 aromatic heterocycles. The maximum Gasteiger partial charge on any atom is 0.127 e. The van der Waals surface area contributed by atoms with Gasteiger partial charge in [-0.25, -0.2) is 4.98 Å². The van der Waals surface area contributed by atoms with E-state index in [9.17, 15) is 0 Å². The fraction of sp³-hybridized carbons (Fsp3) is 0.615. The van der Waals surface area contributed by atoms with Crippen LogP contribution >= 0.6 is 0 Å². The third-order valence-electron chi connectivity index (χ3n) is 2.67. The van der Waals surface area contributed by atoms with Gasteiger partial charge in [-0.3, -0.25) is 0 Å². The third-order valence-corrected chi connectivity index (χ3v) is 2.67. The first kappa shape index (κ1) is 13.8. The Morgan fingerprint density at radius 1 is 1.41 bits per heavy atom. The molecule has 2 N–H and O–H groups in total. The van der Waals surface area contributed by atoms with E-state index in [0.29, 0.717) is 12.0 Å². The average molecular weight is 237 g/mol. The van der Waals surface area contributed by atoms with Crippen LogP contribution in [0.3, 0.4) is 0 Å². The molecule has 0 aromatic carbocycles. The number of hydrogen-bond donors (Lipinski definition) is 2. The van der Waals surface area contributed by atoms with Gasteiger partial charge >= 0.3 is 0 Å². The van der Waals surface area contributed by atoms with Gasteiger partial charge in [-0.05, 0) is 18.9 Å². The van der Waals surface area contributed by atoms with E-state index >= 15 is 0 Å². The topological polar surface area (TPSA) is 46.2 Å². The quantitative estimate of drug-likeness (QED) is 0.765. The Balaban J connectivity index is 2.64. The van der Waals surface area contributed by atoms with E-state index in [1.807, 2.05) is 26.1 Å². The highest BCUT2D eigenvalue weighted by molar-refractivity contribution is 5.52. The van der Waals surface area contributed by atoms with Crippen LogP contribution in [0.15, 0.2) is 18.3 Å². The van der Waals surface area contributed by atoms with Crippen molar-refractivity contribution in [3.63, 3.8) is 0 Å². The molecule has 1 unspecified atom stereocenters. The van der Waals surface area contributed by atoms with E-state index in [4.69, 9.17) is 4.74 Å². The lowest BCUT2D eigenvalue weighted by molar-refractivity contribution is 0.127. The first-order valence-electron chi connectivity index (χ1n) is 6.15. The molecule has 0 saturated carbocycles. The van der Waals surface area contributed by atoms with Gasteiger partial charge in [0, 0.05) is 31.6 Å². The van der Waals surface area contributed by atoms with Crippen molar-refractivity contribution in [2.45, 2.75) is 26.8 Å². The van der Waals surface area contributed by atoms with Crippen molar-refractivity contribution in [2.75, 3.05) is 30.9 Å². The Morgan fingerprint density at radius 2 is 2.18 bits per heavy atom. The Bertz CT molecular complexity index is 328. The van der Waals surface area contributed by atoms with Crippen molar-refractivity contribution in [3.05, 3.63) is 18.3 Å². The van der Waals surface area contributed by atoms with E-state index < -0.39 is 0 Å². The molecule has 1 atom stereocenters. The molecule has 96 valence electrons. The van der Waals surface area contributed by atoms with Crippen molar-refractivity contribution in [1.29, 1.82) is 0 Å². The molecule has 0 radical (unpaired) electrons. The first-order chi connectivity index (χ1) is 8.17. The summed E-state index contributed by atoms with van der Waals surface area (Å²) in [6.45, 7) is 7.88. The number of nitrogens with zero attached hydrogens (tertiary/aromatic N) is 1. The summed E-state index contributed by atoms with van der Waals surface area (Å²) >= 11 is 0. The maximum absolute atomic E-state index is 5.49. The molecule has 4 heteroatoms. The number of ether oxygens (including phenoxy) is 1. The van der Waals surface area contributed by atoms with Gasteiger partial charge in [-0.1, -0.05) is 13.8 Å². The van der Waals surface area contributed by atoms with Crippen molar-refractivity contribution < 1.29 is 4.74 Å². The molecule has 0 amide bonds. The Labute approximate surface area is 104 Å². The van der Waals surface area contributed by atoms with E-state index in [2.05, 4.69) is 29.5 Å². The van der Waals surface area contributed by atoms with Gasteiger partial charge in [0.05, 0.1) is 12.6 Å². The van der Waals surface area contributed by atoms with Crippen LogP contribution in [0.5, 0.6) is 0 Å². The van der Waals surface area contributed by atoms with Crippen LogP contribution in [0.25, 0.3) is 0 Å². The third kappa shape index (κ3) is 4.61. The fourth-order valence-corrected chi connectivity index (χ4v) is 1.52. The van der Waals surface area contributed by atoms with Gasteiger partial charge in [0.25, 0.3) is 0 Å². The zero-order valence-corrected chi connectivity index (χ0v) is 11.2. The molecule has 1 rings (SSSR count). The molecule has 0 aliphatic heterocycles. The molecule has 0 saturated heterocycles. The highest BCUT2D eigenvalue weighted by atomic mass is 16.5. The number of hydrogen-bond acceptors (Lipinski definition) is 4. The number of aromatic nitrogens is 1. The summed E-state index contributed by atoms with van der Waals surface area (Å²) in [5, 5.41) is 6.51. The van der Waals surface area contributed by atoms with E-state index in [1.54, 1.807) is 6.20 Å². The second-order valence-electron chi connectivity index (χ2n) is 4.33. The molecular formula is C13H23N3O.